The Bertz CT molecular complexity index is 3470. The highest BCUT2D eigenvalue weighted by Gasteiger charge is 2.58. The first-order valence-corrected chi connectivity index (χ1v) is 43.4. The lowest BCUT2D eigenvalue weighted by molar-refractivity contribution is -0.278. The van der Waals surface area contributed by atoms with Crippen LogP contribution in [0.5, 0.6) is 17.2 Å². The van der Waals surface area contributed by atoms with Gasteiger partial charge in [-0.3, -0.25) is 38.4 Å². The highest BCUT2D eigenvalue weighted by Crippen LogP contribution is 2.55. The summed E-state index contributed by atoms with van der Waals surface area (Å²) in [5.74, 6) is -14.7. The lowest BCUT2D eigenvalue weighted by Crippen LogP contribution is -2.68. The average Bonchev–Trinajstić information content (AvgIpc) is 0.753. The van der Waals surface area contributed by atoms with Crippen molar-refractivity contribution in [2.75, 3.05) is 26.7 Å². The number of benzene rings is 1. The van der Waals surface area contributed by atoms with E-state index in [2.05, 4.69) is 54.8 Å². The third-order valence-corrected chi connectivity index (χ3v) is 28.4. The average molecular weight is 1650 g/mol. The molecule has 10 fully saturated rings. The summed E-state index contributed by atoms with van der Waals surface area (Å²) in [5, 5.41) is 133. The molecule has 1 aromatic rings. The van der Waals surface area contributed by atoms with Gasteiger partial charge < -0.3 is 118 Å². The summed E-state index contributed by atoms with van der Waals surface area (Å²) in [6.07, 6.45) is -5.38. The van der Waals surface area contributed by atoms with Gasteiger partial charge in [0.05, 0.1) is 60.3 Å². The third-order valence-electron chi connectivity index (χ3n) is 27.5. The zero-order chi connectivity index (χ0) is 81.7. The summed E-state index contributed by atoms with van der Waals surface area (Å²) in [5.41, 5.74) is 5.63. The molecule has 15 bridgehead atoms. The van der Waals surface area contributed by atoms with Crippen molar-refractivity contribution in [1.82, 2.24) is 47.9 Å². The highest BCUT2D eigenvalue weighted by atomic mass is 35.5. The Kier molecular flexibility index (Phi) is 30.1. The van der Waals surface area contributed by atoms with Crippen molar-refractivity contribution < 1.29 is 103 Å². The molecule has 33 heteroatoms. The van der Waals surface area contributed by atoms with Crippen LogP contribution in [0.4, 0.5) is 0 Å². The molecular formula is C81H126Cl2N10O21. The molecule has 20 N–H and O–H groups in total. The predicted molar refractivity (Wildman–Crippen MR) is 415 cm³/mol. The molecule has 2 saturated heterocycles. The van der Waals surface area contributed by atoms with Crippen LogP contribution in [-0.2, 0) is 43.1 Å². The summed E-state index contributed by atoms with van der Waals surface area (Å²) in [6, 6.07) is -9.83. The van der Waals surface area contributed by atoms with E-state index in [1.807, 2.05) is 13.8 Å². The van der Waals surface area contributed by atoms with Crippen molar-refractivity contribution in [3.05, 3.63) is 17.7 Å². The molecule has 28 atom stereocenters. The number of aliphatic hydroxyl groups is 9. The third kappa shape index (κ3) is 20.1. The van der Waals surface area contributed by atoms with Crippen LogP contribution in [0.3, 0.4) is 0 Å². The number of halogens is 2. The molecule has 6 heterocycles. The second-order valence-electron chi connectivity index (χ2n) is 35.7. The molecule has 8 amide bonds. The first-order chi connectivity index (χ1) is 54.5. The van der Waals surface area contributed by atoms with Gasteiger partial charge in [0.1, 0.15) is 72.9 Å². The predicted octanol–water partition coefficient (Wildman–Crippen LogP) is 0.841. The maximum Gasteiger partial charge on any atom is 0.247 e. The van der Waals surface area contributed by atoms with Crippen LogP contribution in [0.25, 0.3) is 0 Å². The molecule has 5 unspecified atom stereocenters. The zero-order valence-electron chi connectivity index (χ0n) is 66.0. The van der Waals surface area contributed by atoms with E-state index in [0.717, 1.165) is 64.2 Å². The van der Waals surface area contributed by atoms with E-state index in [-0.39, 0.29) is 118 Å². The molecule has 640 valence electrons. The number of aliphatic hydroxyl groups excluding tert-OH is 9. The van der Waals surface area contributed by atoms with Crippen LogP contribution < -0.4 is 67.8 Å². The minimum atomic E-state index is -2.12. The van der Waals surface area contributed by atoms with E-state index in [4.69, 9.17) is 47.9 Å². The van der Waals surface area contributed by atoms with Crippen LogP contribution >= 0.6 is 23.2 Å². The van der Waals surface area contributed by atoms with Gasteiger partial charge in [0, 0.05) is 18.5 Å². The van der Waals surface area contributed by atoms with Gasteiger partial charge in [-0.1, -0.05) is 72.1 Å². The number of carbonyl (C=O) groups excluding carboxylic acids is 8. The van der Waals surface area contributed by atoms with Crippen LogP contribution in [0.2, 0.25) is 0 Å². The highest BCUT2D eigenvalue weighted by molar-refractivity contribution is 6.21. The Hall–Kier alpha value is -5.52. The molecule has 15 rings (SSSR count). The van der Waals surface area contributed by atoms with Gasteiger partial charge in [0.15, 0.2) is 11.5 Å². The van der Waals surface area contributed by atoms with Gasteiger partial charge in [-0.15, -0.1) is 23.2 Å². The Morgan fingerprint density at radius 1 is 0.596 bits per heavy atom. The van der Waals surface area contributed by atoms with Crippen molar-refractivity contribution >= 4 is 70.5 Å². The van der Waals surface area contributed by atoms with Crippen molar-refractivity contribution in [2.45, 2.75) is 320 Å². The van der Waals surface area contributed by atoms with Crippen LogP contribution in [0, 0.1) is 71.0 Å². The lowest BCUT2D eigenvalue weighted by Gasteiger charge is -2.55. The zero-order valence-corrected chi connectivity index (χ0v) is 67.6. The smallest absolute Gasteiger partial charge is 0.247 e. The molecule has 1 aromatic carbocycles. The summed E-state index contributed by atoms with van der Waals surface area (Å²) in [4.78, 5) is 123. The number of ether oxygens (including phenoxy) is 4. The van der Waals surface area contributed by atoms with Crippen molar-refractivity contribution in [3.8, 4) is 17.2 Å². The number of fused-ring (bicyclic) bond motifs is 15. The van der Waals surface area contributed by atoms with Gasteiger partial charge in [-0.2, -0.15) is 0 Å². The number of amides is 8. The van der Waals surface area contributed by atoms with Crippen LogP contribution in [0.1, 0.15) is 199 Å². The lowest BCUT2D eigenvalue weighted by atomic mass is 9.54. The molecule has 8 aliphatic carbocycles. The second-order valence-corrected chi connectivity index (χ2v) is 36.8. The molecule has 0 aromatic heterocycles. The van der Waals surface area contributed by atoms with E-state index in [0.29, 0.717) is 18.4 Å². The Morgan fingerprint density at radius 2 is 1.19 bits per heavy atom. The largest absolute Gasteiger partial charge is 0.485 e. The number of likely N-dealkylation sites (N-methyl/N-ethyl adjacent to an activating group) is 1. The summed E-state index contributed by atoms with van der Waals surface area (Å²) < 4.78 is 26.3. The number of hydrogen-bond acceptors (Lipinski definition) is 23. The summed E-state index contributed by atoms with van der Waals surface area (Å²) >= 11 is 14.8. The Labute approximate surface area is 677 Å². The van der Waals surface area contributed by atoms with Gasteiger partial charge in [-0.25, -0.2) is 0 Å². The minimum absolute atomic E-state index is 0.00448. The van der Waals surface area contributed by atoms with Gasteiger partial charge >= 0.3 is 0 Å². The standard InChI is InChI=1S/C81H126Cl2N10O21/c1-5-6-7-8-9-10-11-12-13-20-86-34-47-53(96)32-46-60(69(47)100)45-27-39(14-17-52(45)95)62-76(106)93-66(80(110)91-64(46)78(108)88-61-42-23-37-22-38(25-42)26-43(61)24-37)68(99)41-16-19-55(49(83)29-41)112-57-31-44-30-56(73(57)114-81-72(103)71(102)70(101)58(35-94)113-81)111-54-18-15-40(28-48(54)82)67(98)65(92-74(104)50(85-4)21-36(2)3)79(109)87-51(33-59(84)97)75(105)89-63(44)77(107)90-62/h30-31,36-43,45-55,58,60-72,81,85-86,94-96,98-103H,5-29,32-35H2,1-4H3,(H2,84,97)(H,87,109)(H,88,108)(H,89,105)(H,90,107)(H,91,110)(H,92,104)(H,93,106)/t37?,38?,39-,40-,41-,42?,43?,45?,46?,47?,48+,49-,50+,51-,52+,53-,54+,55+,58+,60?,61?,62+,63+,64-,65+,66-,67+,68+,69?,70+,71-,72+,81-/m0/s1. The van der Waals surface area contributed by atoms with E-state index >= 15 is 28.8 Å². The molecule has 0 radical (unpaired) electrons. The quantitative estimate of drug-likeness (QED) is 0.0504. The Balaban J connectivity index is 0.970. The molecule has 114 heavy (non-hydrogen) atoms. The molecule has 14 aliphatic rings. The number of hydrogen-bond donors (Lipinski definition) is 19. The topological polar surface area (TPSA) is 490 Å². The van der Waals surface area contributed by atoms with Gasteiger partial charge in [0.25, 0.3) is 0 Å². The fourth-order valence-corrected chi connectivity index (χ4v) is 22.3. The van der Waals surface area contributed by atoms with E-state index < -0.39 is 234 Å². The second kappa shape index (κ2) is 39.1. The molecular weight excluding hydrogens is 1520 g/mol. The fourth-order valence-electron chi connectivity index (χ4n) is 21.5. The Morgan fingerprint density at radius 3 is 1.79 bits per heavy atom. The van der Waals surface area contributed by atoms with Crippen LogP contribution in [0.15, 0.2) is 12.1 Å². The first kappa shape index (κ1) is 87.8. The number of primary amides is 1. The van der Waals surface area contributed by atoms with Crippen molar-refractivity contribution in [3.63, 3.8) is 0 Å². The number of rotatable bonds is 24. The van der Waals surface area contributed by atoms with Gasteiger partial charge in [-0.05, 0) is 206 Å². The number of nitrogens with two attached hydrogens (primary N) is 1. The SMILES string of the molecule is CCCCCCCCCCCNCC1C(O)C2C3C[C@H](CC[C@H]3O)[C@H]3NC(=O)[C@@H]4NC(=O)[C@H](CC(N)=O)NC(=O)[C@H](NC(=O)[C@@H](CC(C)C)NC)[C@H](O)[C@H]5CC[C@@H](Oc6cc4cc(c6O[C@@H]4O[C@H](CO)[C@@H](O)[C@H](O)[C@H]4O)O[C@@H]4CC[C@@H](C[C@@H]4Cl)[C@@H](O)[C@H](NC3=O)C(=O)N[C@H](C(=O)NC3C4CC6CC(C4)CC3C6)C2C[C@@H]1O)[C@H](Cl)C5. The molecule has 8 saturated carbocycles. The molecule has 31 nitrogen and oxygen atoms in total. The molecule has 6 aliphatic heterocycles. The maximum absolute atomic E-state index is 16.5. The maximum atomic E-state index is 16.5. The van der Waals surface area contributed by atoms with Gasteiger partial charge in [0.2, 0.25) is 59.3 Å². The van der Waals surface area contributed by atoms with Crippen molar-refractivity contribution in [1.29, 1.82) is 0 Å². The number of nitrogens with one attached hydrogen (secondary N) is 9. The van der Waals surface area contributed by atoms with E-state index in [9.17, 15) is 55.5 Å². The monoisotopic (exact) mass is 1640 g/mol. The van der Waals surface area contributed by atoms with Crippen LogP contribution in [-0.4, -0.2) is 246 Å². The normalized spacial score (nSPS) is 40.6. The number of carbonyl (C=O) groups is 8. The number of alkyl halides is 2. The van der Waals surface area contributed by atoms with E-state index in [1.54, 1.807) is 7.05 Å². The van der Waals surface area contributed by atoms with E-state index in [1.165, 1.54) is 37.8 Å². The molecule has 0 spiro atoms. The summed E-state index contributed by atoms with van der Waals surface area (Å²) in [7, 11) is 1.54. The summed E-state index contributed by atoms with van der Waals surface area (Å²) in [6.45, 7) is 5.79. The van der Waals surface area contributed by atoms with Crippen molar-refractivity contribution in [2.24, 2.45) is 76.7 Å². The first-order valence-electron chi connectivity index (χ1n) is 42.5. The number of unbranched alkanes of at least 4 members (excludes halogenated alkanes) is 8. The fraction of sp³-hybridized carbons (Fsp3) is 0.827. The minimum Gasteiger partial charge on any atom is -0.485 e.